The molecular weight excluding hydrogens is 649 g/mol. The Balaban J connectivity index is 1.94. The fourth-order valence-corrected chi connectivity index (χ4v) is 5.21. The Morgan fingerprint density at radius 2 is 1.80 bits per heavy atom. The van der Waals surface area contributed by atoms with Crippen molar-refractivity contribution in [3.8, 4) is 11.8 Å². The van der Waals surface area contributed by atoms with Crippen LogP contribution >= 0.6 is 68.4 Å². The first kappa shape index (κ1) is 23.1. The zero-order valence-electron chi connectivity index (χ0n) is 15.5. The van der Waals surface area contributed by atoms with E-state index in [1.165, 1.54) is 0 Å². The third-order valence-corrected chi connectivity index (χ3v) is 6.53. The summed E-state index contributed by atoms with van der Waals surface area (Å²) in [5, 5.41) is 23.7. The molecule has 4 nitrogen and oxygen atoms in total. The number of rotatable bonds is 4. The molecule has 1 amide bonds. The molecule has 0 aliphatic heterocycles. The van der Waals surface area contributed by atoms with Crippen molar-refractivity contribution < 1.29 is 9.90 Å². The molecule has 0 heterocycles. The number of hydrogen-bond donors (Lipinski definition) is 2. The van der Waals surface area contributed by atoms with Crippen molar-refractivity contribution in [1.82, 2.24) is 0 Å². The highest BCUT2D eigenvalue weighted by molar-refractivity contribution is 14.1. The lowest BCUT2D eigenvalue weighted by Gasteiger charge is -2.16. The summed E-state index contributed by atoms with van der Waals surface area (Å²) in [5.41, 5.74) is 2.86. The quantitative estimate of drug-likeness (QED) is 0.292. The zero-order chi connectivity index (χ0) is 22.0. The molecule has 0 saturated carbocycles. The van der Waals surface area contributed by atoms with Gasteiger partial charge < -0.3 is 10.4 Å². The summed E-state index contributed by atoms with van der Waals surface area (Å²) in [4.78, 5) is 12.7. The van der Waals surface area contributed by atoms with Gasteiger partial charge in [-0.2, -0.15) is 5.26 Å². The maximum absolute atomic E-state index is 12.7. The van der Waals surface area contributed by atoms with Crippen LogP contribution in [0.4, 0.5) is 5.69 Å². The summed E-state index contributed by atoms with van der Waals surface area (Å²) < 4.78 is 1.43. The van der Waals surface area contributed by atoms with E-state index in [1.807, 2.05) is 29.5 Å². The maximum Gasteiger partial charge on any atom is 0.259 e. The standard InChI is InChI=1S/C22H14Cl2I2N2O2/c1-11-6-15(17(10-27)12-2-4-13(23)5-3-12)18(24)9-20(11)28-22(30)16-7-14(25)8-19(26)21(16)29/h2-9,17,29H,1H3,(H,28,30)/t17-/m0/s1. The number of aryl methyl sites for hydroxylation is 1. The molecule has 0 bridgehead atoms. The molecule has 3 aromatic carbocycles. The molecule has 0 aliphatic rings. The van der Waals surface area contributed by atoms with E-state index in [0.29, 0.717) is 24.9 Å². The molecule has 8 heteroatoms. The number of nitrogens with zero attached hydrogens (tertiary/aromatic N) is 1. The van der Waals surface area contributed by atoms with Gasteiger partial charge in [0.15, 0.2) is 0 Å². The fraction of sp³-hybridized carbons (Fsp3) is 0.0909. The van der Waals surface area contributed by atoms with Gasteiger partial charge >= 0.3 is 0 Å². The maximum atomic E-state index is 12.7. The van der Waals surface area contributed by atoms with E-state index >= 15 is 0 Å². The number of nitrogens with one attached hydrogen (secondary N) is 1. The predicted molar refractivity (Wildman–Crippen MR) is 137 cm³/mol. The van der Waals surface area contributed by atoms with Gasteiger partial charge in [0, 0.05) is 19.3 Å². The molecule has 30 heavy (non-hydrogen) atoms. The Labute approximate surface area is 211 Å². The number of nitriles is 1. The first-order valence-corrected chi connectivity index (χ1v) is 11.6. The van der Waals surface area contributed by atoms with Crippen molar-refractivity contribution in [3.63, 3.8) is 0 Å². The molecule has 0 unspecified atom stereocenters. The lowest BCUT2D eigenvalue weighted by atomic mass is 9.91. The van der Waals surface area contributed by atoms with Gasteiger partial charge in [0.2, 0.25) is 0 Å². The van der Waals surface area contributed by atoms with Crippen LogP contribution in [0.3, 0.4) is 0 Å². The van der Waals surface area contributed by atoms with Gasteiger partial charge in [-0.15, -0.1) is 0 Å². The van der Waals surface area contributed by atoms with Crippen LogP contribution in [0.2, 0.25) is 10.0 Å². The number of halogens is 4. The summed E-state index contributed by atoms with van der Waals surface area (Å²) >= 11 is 16.5. The summed E-state index contributed by atoms with van der Waals surface area (Å²) in [6.45, 7) is 1.82. The number of benzene rings is 3. The van der Waals surface area contributed by atoms with Crippen molar-refractivity contribution >= 4 is 80.0 Å². The monoisotopic (exact) mass is 662 g/mol. The number of amides is 1. The Hall–Kier alpha value is -1.54. The smallest absolute Gasteiger partial charge is 0.259 e. The number of aromatic hydroxyl groups is 1. The number of carbonyl (C=O) groups is 1. The van der Waals surface area contributed by atoms with Crippen molar-refractivity contribution in [2.45, 2.75) is 12.8 Å². The van der Waals surface area contributed by atoms with Gasteiger partial charge in [-0.3, -0.25) is 4.79 Å². The molecule has 0 spiro atoms. The van der Waals surface area contributed by atoms with E-state index in [9.17, 15) is 15.2 Å². The topological polar surface area (TPSA) is 73.1 Å². The Morgan fingerprint density at radius 3 is 2.43 bits per heavy atom. The highest BCUT2D eigenvalue weighted by Crippen LogP contribution is 2.35. The average Bonchev–Trinajstić information content (AvgIpc) is 2.70. The molecule has 3 rings (SSSR count). The zero-order valence-corrected chi connectivity index (χ0v) is 21.3. The Kier molecular flexibility index (Phi) is 7.50. The van der Waals surface area contributed by atoms with Gasteiger partial charge in [-0.1, -0.05) is 41.4 Å². The first-order chi connectivity index (χ1) is 14.2. The number of carbonyl (C=O) groups excluding carboxylic acids is 1. The number of hydrogen-bond acceptors (Lipinski definition) is 3. The van der Waals surface area contributed by atoms with Crippen LogP contribution in [-0.2, 0) is 0 Å². The van der Waals surface area contributed by atoms with Crippen molar-refractivity contribution in [2.75, 3.05) is 5.32 Å². The van der Waals surface area contributed by atoms with E-state index in [0.717, 1.165) is 14.7 Å². The summed E-state index contributed by atoms with van der Waals surface area (Å²) in [7, 11) is 0. The van der Waals surface area contributed by atoms with E-state index in [2.05, 4.69) is 34.0 Å². The van der Waals surface area contributed by atoms with Gasteiger partial charge in [0.05, 0.1) is 21.1 Å². The molecular formula is C22H14Cl2I2N2O2. The van der Waals surface area contributed by atoms with Crippen molar-refractivity contribution in [2.24, 2.45) is 0 Å². The Morgan fingerprint density at radius 1 is 1.13 bits per heavy atom. The lowest BCUT2D eigenvalue weighted by Crippen LogP contribution is -2.14. The fourth-order valence-electron chi connectivity index (χ4n) is 2.97. The summed E-state index contributed by atoms with van der Waals surface area (Å²) in [5.74, 6) is -1.08. The summed E-state index contributed by atoms with van der Waals surface area (Å²) in [6.07, 6.45) is 0. The number of phenols is 1. The van der Waals surface area contributed by atoms with E-state index in [1.54, 1.807) is 48.5 Å². The molecule has 3 aromatic rings. The van der Waals surface area contributed by atoms with E-state index in [4.69, 9.17) is 23.2 Å². The van der Waals surface area contributed by atoms with Crippen LogP contribution < -0.4 is 5.32 Å². The molecule has 0 saturated heterocycles. The SMILES string of the molecule is Cc1cc([C@@H](C#N)c2ccc(Cl)cc2)c(Cl)cc1NC(=O)c1cc(I)cc(I)c1O. The van der Waals surface area contributed by atoms with Gasteiger partial charge in [-0.05, 0) is 99.1 Å². The minimum atomic E-state index is -0.570. The van der Waals surface area contributed by atoms with Crippen LogP contribution in [0.1, 0.15) is 33.0 Å². The van der Waals surface area contributed by atoms with Crippen molar-refractivity contribution in [1.29, 1.82) is 5.26 Å². The third kappa shape index (κ3) is 5.02. The van der Waals surface area contributed by atoms with Gasteiger partial charge in [0.1, 0.15) is 5.75 Å². The normalized spacial score (nSPS) is 11.6. The minimum Gasteiger partial charge on any atom is -0.506 e. The molecule has 0 aliphatic carbocycles. The largest absolute Gasteiger partial charge is 0.506 e. The second kappa shape index (κ2) is 9.73. The molecule has 0 aromatic heterocycles. The highest BCUT2D eigenvalue weighted by atomic mass is 127. The van der Waals surface area contributed by atoms with Crippen LogP contribution in [0, 0.1) is 25.4 Å². The molecule has 2 N–H and O–H groups in total. The van der Waals surface area contributed by atoms with E-state index in [-0.39, 0.29) is 11.3 Å². The van der Waals surface area contributed by atoms with Crippen LogP contribution in [0.15, 0.2) is 48.5 Å². The average molecular weight is 663 g/mol. The van der Waals surface area contributed by atoms with Crippen LogP contribution in [-0.4, -0.2) is 11.0 Å². The van der Waals surface area contributed by atoms with Crippen LogP contribution in [0.5, 0.6) is 5.75 Å². The number of phenolic OH excluding ortho intramolecular Hbond substituents is 1. The highest BCUT2D eigenvalue weighted by Gasteiger charge is 2.20. The third-order valence-electron chi connectivity index (χ3n) is 4.51. The van der Waals surface area contributed by atoms with Crippen molar-refractivity contribution in [3.05, 3.63) is 88.0 Å². The molecule has 152 valence electrons. The predicted octanol–water partition coefficient (Wildman–Crippen LogP) is 7.12. The Bertz CT molecular complexity index is 1180. The summed E-state index contributed by atoms with van der Waals surface area (Å²) in [6, 6.07) is 16.1. The van der Waals surface area contributed by atoms with Crippen LogP contribution in [0.25, 0.3) is 0 Å². The lowest BCUT2D eigenvalue weighted by molar-refractivity contribution is 0.102. The molecule has 0 fully saturated rings. The molecule has 1 atom stereocenters. The second-order valence-electron chi connectivity index (χ2n) is 6.54. The molecule has 0 radical (unpaired) electrons. The first-order valence-electron chi connectivity index (χ1n) is 8.65. The second-order valence-corrected chi connectivity index (χ2v) is 9.79. The minimum absolute atomic E-state index is 0.0684. The number of anilines is 1. The van der Waals surface area contributed by atoms with E-state index < -0.39 is 11.8 Å². The van der Waals surface area contributed by atoms with Gasteiger partial charge in [0.25, 0.3) is 5.91 Å². The van der Waals surface area contributed by atoms with Gasteiger partial charge in [-0.25, -0.2) is 0 Å².